The van der Waals surface area contributed by atoms with E-state index in [9.17, 15) is 19.7 Å². The van der Waals surface area contributed by atoms with Gasteiger partial charge in [0.05, 0.1) is 24.2 Å². The number of benzene rings is 3. The topological polar surface area (TPSA) is 102 Å². The highest BCUT2D eigenvalue weighted by molar-refractivity contribution is 6.36. The molecule has 0 saturated carbocycles. The molecule has 0 aliphatic carbocycles. The van der Waals surface area contributed by atoms with Gasteiger partial charge in [-0.15, -0.1) is 0 Å². The second-order valence-corrected chi connectivity index (χ2v) is 7.09. The van der Waals surface area contributed by atoms with E-state index in [-0.39, 0.29) is 23.5 Å². The molecule has 0 unspecified atom stereocenters. The van der Waals surface area contributed by atoms with Gasteiger partial charge < -0.3 is 10.1 Å². The van der Waals surface area contributed by atoms with E-state index in [2.05, 4.69) is 5.32 Å². The summed E-state index contributed by atoms with van der Waals surface area (Å²) in [5, 5.41) is 14.1. The first-order chi connectivity index (χ1) is 15.5. The van der Waals surface area contributed by atoms with E-state index in [1.165, 1.54) is 24.3 Å². The molecule has 1 heterocycles. The maximum atomic E-state index is 13.3. The number of imide groups is 1. The van der Waals surface area contributed by atoms with Crippen LogP contribution in [-0.2, 0) is 16.1 Å². The molecule has 1 aliphatic heterocycles. The molecule has 0 atom stereocenters. The lowest BCUT2D eigenvalue weighted by Crippen LogP contribution is -2.31. The summed E-state index contributed by atoms with van der Waals surface area (Å²) in [7, 11) is 1.55. The van der Waals surface area contributed by atoms with Gasteiger partial charge in [-0.05, 0) is 47.5 Å². The zero-order valence-electron chi connectivity index (χ0n) is 17.1. The maximum absolute atomic E-state index is 13.3. The highest BCUT2D eigenvalue weighted by Crippen LogP contribution is 2.32. The lowest BCUT2D eigenvalue weighted by molar-refractivity contribution is -0.384. The van der Waals surface area contributed by atoms with Crippen molar-refractivity contribution in [2.24, 2.45) is 0 Å². The summed E-state index contributed by atoms with van der Waals surface area (Å²) in [6, 6.07) is 21.7. The zero-order valence-corrected chi connectivity index (χ0v) is 17.1. The van der Waals surface area contributed by atoms with Crippen molar-refractivity contribution in [3.05, 3.63) is 106 Å². The van der Waals surface area contributed by atoms with Crippen LogP contribution in [0.2, 0.25) is 0 Å². The molecule has 8 heteroatoms. The number of nitro benzene ring substituents is 1. The van der Waals surface area contributed by atoms with Gasteiger partial charge in [0.1, 0.15) is 11.4 Å². The fourth-order valence-electron chi connectivity index (χ4n) is 3.44. The van der Waals surface area contributed by atoms with Gasteiger partial charge in [0.2, 0.25) is 0 Å². The summed E-state index contributed by atoms with van der Waals surface area (Å²) in [6.07, 6.45) is 0. The van der Waals surface area contributed by atoms with E-state index in [1.54, 1.807) is 31.4 Å². The monoisotopic (exact) mass is 429 g/mol. The molecule has 0 saturated heterocycles. The Hall–Kier alpha value is -4.46. The second kappa shape index (κ2) is 8.73. The van der Waals surface area contributed by atoms with E-state index in [1.807, 2.05) is 30.3 Å². The maximum Gasteiger partial charge on any atom is 0.278 e. The summed E-state index contributed by atoms with van der Waals surface area (Å²) < 4.78 is 5.16. The van der Waals surface area contributed by atoms with Gasteiger partial charge in [-0.2, -0.15) is 0 Å². The summed E-state index contributed by atoms with van der Waals surface area (Å²) in [5.41, 5.74) is 2.00. The predicted molar refractivity (Wildman–Crippen MR) is 119 cm³/mol. The molecule has 4 rings (SSSR count). The molecule has 0 fully saturated rings. The molecular weight excluding hydrogens is 410 g/mol. The molecule has 3 aromatic rings. The summed E-state index contributed by atoms with van der Waals surface area (Å²) >= 11 is 0. The smallest absolute Gasteiger partial charge is 0.278 e. The summed E-state index contributed by atoms with van der Waals surface area (Å²) in [4.78, 5) is 38.2. The molecule has 0 spiro atoms. The van der Waals surface area contributed by atoms with E-state index < -0.39 is 16.7 Å². The normalized spacial score (nSPS) is 13.5. The van der Waals surface area contributed by atoms with Crippen molar-refractivity contribution in [2.75, 3.05) is 12.4 Å². The number of methoxy groups -OCH3 is 1. The van der Waals surface area contributed by atoms with Crippen molar-refractivity contribution < 1.29 is 19.2 Å². The number of nitrogens with zero attached hydrogens (tertiary/aromatic N) is 2. The van der Waals surface area contributed by atoms with Crippen LogP contribution in [0.15, 0.2) is 84.6 Å². The van der Waals surface area contributed by atoms with Gasteiger partial charge in [-0.25, -0.2) is 0 Å². The quantitative estimate of drug-likeness (QED) is 0.346. The van der Waals surface area contributed by atoms with Crippen LogP contribution in [0.1, 0.15) is 11.1 Å². The number of carbonyl (C=O) groups excluding carboxylic acids is 2. The van der Waals surface area contributed by atoms with Crippen molar-refractivity contribution in [1.29, 1.82) is 0 Å². The first-order valence-electron chi connectivity index (χ1n) is 9.78. The molecule has 8 nitrogen and oxygen atoms in total. The molecule has 32 heavy (non-hydrogen) atoms. The van der Waals surface area contributed by atoms with Crippen molar-refractivity contribution in [2.45, 2.75) is 6.54 Å². The average Bonchev–Trinajstić information content (AvgIpc) is 3.04. The van der Waals surface area contributed by atoms with Crippen LogP contribution in [0.5, 0.6) is 5.75 Å². The number of hydrogen-bond donors (Lipinski definition) is 1. The van der Waals surface area contributed by atoms with Gasteiger partial charge in [-0.3, -0.25) is 24.6 Å². The predicted octanol–water partition coefficient (Wildman–Crippen LogP) is 4.00. The van der Waals surface area contributed by atoms with Gasteiger partial charge >= 0.3 is 0 Å². The number of non-ortho nitro benzene ring substituents is 1. The third-order valence-corrected chi connectivity index (χ3v) is 5.08. The van der Waals surface area contributed by atoms with Crippen LogP contribution in [0, 0.1) is 10.1 Å². The van der Waals surface area contributed by atoms with E-state index in [0.717, 1.165) is 10.5 Å². The van der Waals surface area contributed by atoms with Crippen LogP contribution in [-0.4, -0.2) is 28.7 Å². The molecule has 0 bridgehead atoms. The minimum Gasteiger partial charge on any atom is -0.497 e. The molecule has 0 aromatic heterocycles. The Balaban J connectivity index is 1.73. The molecule has 1 aliphatic rings. The van der Waals surface area contributed by atoms with Crippen LogP contribution in [0.3, 0.4) is 0 Å². The number of nitro groups is 1. The number of rotatable bonds is 7. The number of anilines is 1. The Bertz CT molecular complexity index is 1200. The third-order valence-electron chi connectivity index (χ3n) is 5.08. The lowest BCUT2D eigenvalue weighted by Gasteiger charge is -2.15. The average molecular weight is 429 g/mol. The third kappa shape index (κ3) is 4.06. The number of nitrogens with one attached hydrogen (secondary N) is 1. The first kappa shape index (κ1) is 20.8. The fourth-order valence-corrected chi connectivity index (χ4v) is 3.44. The Morgan fingerprint density at radius 3 is 2.16 bits per heavy atom. The SMILES string of the molecule is COc1ccc(NC2=C(c3ccc([N+](=O)[O-])cc3)C(=O)N(Cc3ccccc3)C2=O)cc1. The fraction of sp³-hybridized carbons (Fsp3) is 0.0833. The molecular formula is C24H19N3O5. The number of hydrogen-bond acceptors (Lipinski definition) is 6. The Kier molecular flexibility index (Phi) is 5.67. The Labute approximate surface area is 183 Å². The standard InChI is InChI=1S/C24H19N3O5/c1-32-20-13-9-18(10-14-20)25-22-21(17-7-11-19(12-8-17)27(30)31)23(28)26(24(22)29)15-16-5-3-2-4-6-16/h2-14,25H,15H2,1H3. The number of ether oxygens (including phenoxy) is 1. The van der Waals surface area contributed by atoms with E-state index in [4.69, 9.17) is 4.74 Å². The second-order valence-electron chi connectivity index (χ2n) is 7.09. The van der Waals surface area contributed by atoms with Crippen LogP contribution in [0.4, 0.5) is 11.4 Å². The minimum absolute atomic E-state index is 0.100. The van der Waals surface area contributed by atoms with Crippen molar-refractivity contribution in [3.63, 3.8) is 0 Å². The van der Waals surface area contributed by atoms with Gasteiger partial charge in [0, 0.05) is 17.8 Å². The highest BCUT2D eigenvalue weighted by atomic mass is 16.6. The number of amides is 2. The van der Waals surface area contributed by atoms with Gasteiger partial charge in [0.15, 0.2) is 0 Å². The Morgan fingerprint density at radius 1 is 0.906 bits per heavy atom. The summed E-state index contributed by atoms with van der Waals surface area (Å²) in [6.45, 7) is 0.114. The van der Waals surface area contributed by atoms with Crippen LogP contribution < -0.4 is 10.1 Å². The Morgan fingerprint density at radius 2 is 1.56 bits per heavy atom. The zero-order chi connectivity index (χ0) is 22.7. The highest BCUT2D eigenvalue weighted by Gasteiger charge is 2.39. The van der Waals surface area contributed by atoms with Crippen LogP contribution >= 0.6 is 0 Å². The number of carbonyl (C=O) groups is 2. The lowest BCUT2D eigenvalue weighted by atomic mass is 10.0. The van der Waals surface area contributed by atoms with Gasteiger partial charge in [-0.1, -0.05) is 30.3 Å². The largest absolute Gasteiger partial charge is 0.497 e. The first-order valence-corrected chi connectivity index (χ1v) is 9.78. The molecule has 160 valence electrons. The molecule has 1 N–H and O–H groups in total. The van der Waals surface area contributed by atoms with E-state index in [0.29, 0.717) is 17.0 Å². The molecule has 3 aromatic carbocycles. The summed E-state index contributed by atoms with van der Waals surface area (Å²) in [5.74, 6) is -0.286. The van der Waals surface area contributed by atoms with Crippen molar-refractivity contribution >= 4 is 28.8 Å². The molecule has 2 amide bonds. The van der Waals surface area contributed by atoms with Gasteiger partial charge in [0.25, 0.3) is 17.5 Å². The van der Waals surface area contributed by atoms with Crippen molar-refractivity contribution in [3.8, 4) is 5.75 Å². The van der Waals surface area contributed by atoms with Crippen LogP contribution in [0.25, 0.3) is 5.57 Å². The van der Waals surface area contributed by atoms with E-state index >= 15 is 0 Å². The van der Waals surface area contributed by atoms with Crippen molar-refractivity contribution in [1.82, 2.24) is 4.90 Å². The minimum atomic E-state index is -0.516. The molecule has 0 radical (unpaired) electrons.